The van der Waals surface area contributed by atoms with Crippen molar-refractivity contribution in [3.63, 3.8) is 0 Å². The number of rotatable bonds is 3. The van der Waals surface area contributed by atoms with E-state index in [9.17, 15) is 0 Å². The van der Waals surface area contributed by atoms with Crippen LogP contribution in [-0.4, -0.2) is 25.8 Å². The lowest BCUT2D eigenvalue weighted by atomic mass is 10.1. The van der Waals surface area contributed by atoms with Gasteiger partial charge in [-0.05, 0) is 19.4 Å². The maximum Gasteiger partial charge on any atom is 0.107 e. The van der Waals surface area contributed by atoms with Crippen molar-refractivity contribution in [3.05, 3.63) is 0 Å². The molecule has 0 aromatic carbocycles. The Morgan fingerprint density at radius 2 is 2.45 bits per heavy atom. The highest BCUT2D eigenvalue weighted by molar-refractivity contribution is 4.83. The molecule has 11 heavy (non-hydrogen) atoms. The van der Waals surface area contributed by atoms with E-state index >= 15 is 0 Å². The summed E-state index contributed by atoms with van der Waals surface area (Å²) in [5, 5.41) is 3.38. The van der Waals surface area contributed by atoms with E-state index in [0.717, 1.165) is 13.2 Å². The SMILES string of the molecule is C#CCOCC1CCCCN1. The van der Waals surface area contributed by atoms with Gasteiger partial charge in [-0.2, -0.15) is 0 Å². The summed E-state index contributed by atoms with van der Waals surface area (Å²) in [6, 6.07) is 0.539. The van der Waals surface area contributed by atoms with E-state index in [0.29, 0.717) is 12.6 Å². The predicted octanol–water partition coefficient (Wildman–Crippen LogP) is 0.778. The molecule has 1 aliphatic rings. The van der Waals surface area contributed by atoms with Crippen LogP contribution in [0.5, 0.6) is 0 Å². The minimum Gasteiger partial charge on any atom is -0.367 e. The number of terminal acetylenes is 1. The van der Waals surface area contributed by atoms with Crippen molar-refractivity contribution in [3.8, 4) is 12.3 Å². The minimum absolute atomic E-state index is 0.443. The molecular weight excluding hydrogens is 138 g/mol. The second-order valence-electron chi connectivity index (χ2n) is 2.87. The van der Waals surface area contributed by atoms with Crippen LogP contribution >= 0.6 is 0 Å². The molecule has 1 unspecified atom stereocenters. The highest BCUT2D eigenvalue weighted by Gasteiger charge is 2.11. The molecule has 2 nitrogen and oxygen atoms in total. The van der Waals surface area contributed by atoms with Crippen LogP contribution in [0.4, 0.5) is 0 Å². The Balaban J connectivity index is 2.01. The van der Waals surface area contributed by atoms with Gasteiger partial charge < -0.3 is 10.1 Å². The Morgan fingerprint density at radius 1 is 1.55 bits per heavy atom. The van der Waals surface area contributed by atoms with E-state index in [1.807, 2.05) is 0 Å². The van der Waals surface area contributed by atoms with Crippen LogP contribution in [0.15, 0.2) is 0 Å². The average molecular weight is 153 g/mol. The quantitative estimate of drug-likeness (QED) is 0.478. The van der Waals surface area contributed by atoms with Gasteiger partial charge in [-0.1, -0.05) is 12.3 Å². The fraction of sp³-hybridized carbons (Fsp3) is 0.778. The van der Waals surface area contributed by atoms with E-state index in [1.54, 1.807) is 0 Å². The molecule has 2 heteroatoms. The van der Waals surface area contributed by atoms with Crippen LogP contribution in [0.3, 0.4) is 0 Å². The Labute approximate surface area is 68.3 Å². The van der Waals surface area contributed by atoms with Gasteiger partial charge in [-0.3, -0.25) is 0 Å². The van der Waals surface area contributed by atoms with Gasteiger partial charge in [0.2, 0.25) is 0 Å². The summed E-state index contributed by atoms with van der Waals surface area (Å²) < 4.78 is 5.22. The maximum atomic E-state index is 5.22. The molecule has 0 aromatic rings. The number of hydrogen-bond donors (Lipinski definition) is 1. The lowest BCUT2D eigenvalue weighted by Gasteiger charge is -2.22. The molecule has 0 aromatic heterocycles. The molecule has 0 bridgehead atoms. The van der Waals surface area contributed by atoms with E-state index in [2.05, 4.69) is 11.2 Å². The molecule has 1 rings (SSSR count). The summed E-state index contributed by atoms with van der Waals surface area (Å²) in [6.45, 7) is 2.34. The summed E-state index contributed by atoms with van der Waals surface area (Å²) in [5.41, 5.74) is 0. The zero-order valence-electron chi connectivity index (χ0n) is 6.81. The molecule has 1 aliphatic heterocycles. The van der Waals surface area contributed by atoms with Crippen molar-refractivity contribution in [2.45, 2.75) is 25.3 Å². The van der Waals surface area contributed by atoms with Crippen molar-refractivity contribution in [1.29, 1.82) is 0 Å². The number of hydrogen-bond acceptors (Lipinski definition) is 2. The molecule has 0 aliphatic carbocycles. The third-order valence-corrected chi connectivity index (χ3v) is 1.92. The molecule has 1 fully saturated rings. The Morgan fingerprint density at radius 3 is 3.09 bits per heavy atom. The van der Waals surface area contributed by atoms with Gasteiger partial charge >= 0.3 is 0 Å². The molecular formula is C9H15NO. The Bertz CT molecular complexity index is 133. The lowest BCUT2D eigenvalue weighted by molar-refractivity contribution is 0.129. The number of nitrogens with one attached hydrogen (secondary N) is 1. The lowest BCUT2D eigenvalue weighted by Crippen LogP contribution is -2.37. The van der Waals surface area contributed by atoms with Gasteiger partial charge in [0, 0.05) is 6.04 Å². The van der Waals surface area contributed by atoms with Gasteiger partial charge in [0.25, 0.3) is 0 Å². The van der Waals surface area contributed by atoms with E-state index in [-0.39, 0.29) is 0 Å². The highest BCUT2D eigenvalue weighted by atomic mass is 16.5. The first-order valence-electron chi connectivity index (χ1n) is 4.18. The van der Waals surface area contributed by atoms with Crippen LogP contribution in [0, 0.1) is 12.3 Å². The maximum absolute atomic E-state index is 5.22. The van der Waals surface area contributed by atoms with E-state index in [1.165, 1.54) is 19.3 Å². The zero-order valence-corrected chi connectivity index (χ0v) is 6.81. The Hall–Kier alpha value is -0.520. The van der Waals surface area contributed by atoms with Crippen molar-refractivity contribution in [1.82, 2.24) is 5.32 Å². The van der Waals surface area contributed by atoms with E-state index < -0.39 is 0 Å². The van der Waals surface area contributed by atoms with Crippen LogP contribution in [0.2, 0.25) is 0 Å². The standard InChI is InChI=1S/C9H15NO/c1-2-7-11-8-9-5-3-4-6-10-9/h1,9-10H,3-8H2. The molecule has 1 saturated heterocycles. The first-order chi connectivity index (χ1) is 5.43. The molecule has 0 saturated carbocycles. The van der Waals surface area contributed by atoms with E-state index in [4.69, 9.17) is 11.2 Å². The zero-order chi connectivity index (χ0) is 7.94. The highest BCUT2D eigenvalue weighted by Crippen LogP contribution is 2.06. The number of ether oxygens (including phenoxy) is 1. The topological polar surface area (TPSA) is 21.3 Å². The van der Waals surface area contributed by atoms with Gasteiger partial charge in [-0.25, -0.2) is 0 Å². The molecule has 1 atom stereocenters. The third kappa shape index (κ3) is 3.41. The van der Waals surface area contributed by atoms with Crippen LogP contribution in [0.25, 0.3) is 0 Å². The monoisotopic (exact) mass is 153 g/mol. The molecule has 1 N–H and O–H groups in total. The normalized spacial score (nSPS) is 24.5. The first kappa shape index (κ1) is 8.58. The summed E-state index contributed by atoms with van der Waals surface area (Å²) in [4.78, 5) is 0. The number of piperidine rings is 1. The molecule has 0 radical (unpaired) electrons. The van der Waals surface area contributed by atoms with Crippen LogP contribution in [-0.2, 0) is 4.74 Å². The second-order valence-corrected chi connectivity index (χ2v) is 2.87. The largest absolute Gasteiger partial charge is 0.367 e. The summed E-state index contributed by atoms with van der Waals surface area (Å²) >= 11 is 0. The predicted molar refractivity (Wildman–Crippen MR) is 45.3 cm³/mol. The molecule has 62 valence electrons. The van der Waals surface area contributed by atoms with Gasteiger partial charge in [0.15, 0.2) is 0 Å². The fourth-order valence-corrected chi connectivity index (χ4v) is 1.33. The van der Waals surface area contributed by atoms with Crippen molar-refractivity contribution >= 4 is 0 Å². The third-order valence-electron chi connectivity index (χ3n) is 1.92. The molecule has 0 amide bonds. The molecule has 0 spiro atoms. The smallest absolute Gasteiger partial charge is 0.107 e. The van der Waals surface area contributed by atoms with Gasteiger partial charge in [0.1, 0.15) is 6.61 Å². The van der Waals surface area contributed by atoms with Crippen LogP contribution < -0.4 is 5.32 Å². The summed E-state index contributed by atoms with van der Waals surface area (Å²) in [6.07, 6.45) is 8.89. The summed E-state index contributed by atoms with van der Waals surface area (Å²) in [7, 11) is 0. The van der Waals surface area contributed by atoms with Crippen molar-refractivity contribution in [2.75, 3.05) is 19.8 Å². The first-order valence-corrected chi connectivity index (χ1v) is 4.18. The van der Waals surface area contributed by atoms with Crippen LogP contribution in [0.1, 0.15) is 19.3 Å². The van der Waals surface area contributed by atoms with Crippen molar-refractivity contribution < 1.29 is 4.74 Å². The second kappa shape index (κ2) is 5.17. The average Bonchev–Trinajstić information content (AvgIpc) is 2.07. The van der Waals surface area contributed by atoms with Crippen molar-refractivity contribution in [2.24, 2.45) is 0 Å². The van der Waals surface area contributed by atoms with Gasteiger partial charge in [-0.15, -0.1) is 6.42 Å². The summed E-state index contributed by atoms with van der Waals surface area (Å²) in [5.74, 6) is 2.46. The minimum atomic E-state index is 0.443. The Kier molecular flexibility index (Phi) is 4.03. The van der Waals surface area contributed by atoms with Gasteiger partial charge in [0.05, 0.1) is 6.61 Å². The molecule has 1 heterocycles. The fourth-order valence-electron chi connectivity index (χ4n) is 1.33.